The van der Waals surface area contributed by atoms with Crippen LogP contribution in [0.4, 0.5) is 0 Å². The summed E-state index contributed by atoms with van der Waals surface area (Å²) in [7, 11) is 1.62. The average Bonchev–Trinajstić information content (AvgIpc) is 2.71. The average molecular weight is 288 g/mol. The van der Waals surface area contributed by atoms with E-state index in [-0.39, 0.29) is 5.91 Å². The van der Waals surface area contributed by atoms with Crippen molar-refractivity contribution in [2.75, 3.05) is 33.3 Å². The van der Waals surface area contributed by atoms with Crippen molar-refractivity contribution in [3.8, 4) is 5.75 Å². The molecule has 1 saturated heterocycles. The number of amides is 1. The number of carbonyl (C=O) groups is 1. The summed E-state index contributed by atoms with van der Waals surface area (Å²) in [5.74, 6) is 0.769. The molecule has 1 saturated carbocycles. The van der Waals surface area contributed by atoms with Crippen LogP contribution in [0.1, 0.15) is 36.0 Å². The van der Waals surface area contributed by atoms with Crippen molar-refractivity contribution < 1.29 is 9.53 Å². The van der Waals surface area contributed by atoms with Gasteiger partial charge in [0.1, 0.15) is 5.75 Å². The van der Waals surface area contributed by atoms with Crippen LogP contribution in [0.3, 0.4) is 0 Å². The zero-order valence-corrected chi connectivity index (χ0v) is 12.8. The molecule has 0 spiro atoms. The monoisotopic (exact) mass is 288 g/mol. The molecule has 3 rings (SSSR count). The molecule has 1 amide bonds. The number of rotatable bonds is 3. The second kappa shape index (κ2) is 6.48. The van der Waals surface area contributed by atoms with Crippen molar-refractivity contribution in [3.05, 3.63) is 29.8 Å². The molecule has 1 aromatic carbocycles. The van der Waals surface area contributed by atoms with E-state index in [1.165, 1.54) is 19.3 Å². The lowest BCUT2D eigenvalue weighted by Gasteiger charge is -2.36. The van der Waals surface area contributed by atoms with E-state index in [2.05, 4.69) is 4.90 Å². The number of carbonyl (C=O) groups excluding carboxylic acids is 1. The van der Waals surface area contributed by atoms with Crippen LogP contribution >= 0.6 is 0 Å². The molecule has 0 bridgehead atoms. The third-order valence-corrected chi connectivity index (χ3v) is 4.75. The third kappa shape index (κ3) is 3.05. The smallest absolute Gasteiger partial charge is 0.257 e. The molecular formula is C17H24N2O2. The minimum Gasteiger partial charge on any atom is -0.496 e. The summed E-state index contributed by atoms with van der Waals surface area (Å²) in [5.41, 5.74) is 0.678. The Labute approximate surface area is 126 Å². The fourth-order valence-electron chi connectivity index (χ4n) is 3.25. The fourth-order valence-corrected chi connectivity index (χ4v) is 3.25. The van der Waals surface area contributed by atoms with Crippen LogP contribution in [0.15, 0.2) is 24.3 Å². The molecule has 0 atom stereocenters. The summed E-state index contributed by atoms with van der Waals surface area (Å²) >= 11 is 0. The molecule has 1 aromatic rings. The molecule has 1 aliphatic heterocycles. The first-order valence-electron chi connectivity index (χ1n) is 7.96. The Morgan fingerprint density at radius 2 is 1.90 bits per heavy atom. The van der Waals surface area contributed by atoms with Gasteiger partial charge in [0.2, 0.25) is 0 Å². The van der Waals surface area contributed by atoms with Crippen molar-refractivity contribution in [2.45, 2.75) is 31.7 Å². The van der Waals surface area contributed by atoms with Gasteiger partial charge >= 0.3 is 0 Å². The number of nitrogens with zero attached hydrogens (tertiary/aromatic N) is 2. The molecule has 0 unspecified atom stereocenters. The first kappa shape index (κ1) is 14.4. The highest BCUT2D eigenvalue weighted by Crippen LogP contribution is 2.26. The van der Waals surface area contributed by atoms with E-state index in [4.69, 9.17) is 4.74 Å². The molecule has 1 aliphatic carbocycles. The van der Waals surface area contributed by atoms with Crippen molar-refractivity contribution in [1.29, 1.82) is 0 Å². The van der Waals surface area contributed by atoms with Gasteiger partial charge in [-0.15, -0.1) is 0 Å². The molecule has 0 radical (unpaired) electrons. The Hall–Kier alpha value is -1.55. The Kier molecular flexibility index (Phi) is 4.44. The summed E-state index contributed by atoms with van der Waals surface area (Å²) in [6.07, 6.45) is 5.10. The third-order valence-electron chi connectivity index (χ3n) is 4.75. The molecule has 0 N–H and O–H groups in total. The first-order valence-corrected chi connectivity index (χ1v) is 7.96. The molecule has 4 nitrogen and oxygen atoms in total. The van der Waals surface area contributed by atoms with Crippen LogP contribution < -0.4 is 4.74 Å². The van der Waals surface area contributed by atoms with Gasteiger partial charge in [0, 0.05) is 32.2 Å². The Balaban J connectivity index is 1.67. The maximum absolute atomic E-state index is 12.7. The summed E-state index contributed by atoms with van der Waals surface area (Å²) in [6.45, 7) is 3.80. The normalized spacial score (nSPS) is 20.7. The zero-order chi connectivity index (χ0) is 14.7. The van der Waals surface area contributed by atoms with Gasteiger partial charge in [-0.05, 0) is 31.4 Å². The van der Waals surface area contributed by atoms with Gasteiger partial charge in [0.15, 0.2) is 0 Å². The minimum atomic E-state index is 0.0999. The standard InChI is InChI=1S/C17H24N2O2/c1-21-16-9-3-2-8-15(16)17(20)19-11-5-10-18(12-13-19)14-6-4-7-14/h2-3,8-9,14H,4-7,10-13H2,1H3. The van der Waals surface area contributed by atoms with E-state index >= 15 is 0 Å². The summed E-state index contributed by atoms with van der Waals surface area (Å²) in [5, 5.41) is 0. The summed E-state index contributed by atoms with van der Waals surface area (Å²) in [4.78, 5) is 17.3. The first-order chi connectivity index (χ1) is 10.3. The predicted molar refractivity (Wildman–Crippen MR) is 82.7 cm³/mol. The molecule has 21 heavy (non-hydrogen) atoms. The minimum absolute atomic E-state index is 0.0999. The van der Waals surface area contributed by atoms with Crippen LogP contribution in [0.5, 0.6) is 5.75 Å². The van der Waals surface area contributed by atoms with Crippen LogP contribution in [-0.2, 0) is 0 Å². The molecule has 114 valence electrons. The van der Waals surface area contributed by atoms with E-state index < -0.39 is 0 Å². The van der Waals surface area contributed by atoms with Crippen LogP contribution in [0, 0.1) is 0 Å². The van der Waals surface area contributed by atoms with Gasteiger partial charge in [-0.2, -0.15) is 0 Å². The molecule has 0 aromatic heterocycles. The van der Waals surface area contributed by atoms with Gasteiger partial charge in [-0.3, -0.25) is 9.69 Å². The van der Waals surface area contributed by atoms with Crippen molar-refractivity contribution in [2.24, 2.45) is 0 Å². The molecule has 2 aliphatic rings. The molecular weight excluding hydrogens is 264 g/mol. The molecule has 4 heteroatoms. The fraction of sp³-hybridized carbons (Fsp3) is 0.588. The number of benzene rings is 1. The van der Waals surface area contributed by atoms with E-state index in [0.29, 0.717) is 11.3 Å². The Bertz CT molecular complexity index is 499. The van der Waals surface area contributed by atoms with Gasteiger partial charge in [0.05, 0.1) is 12.7 Å². The number of para-hydroxylation sites is 1. The van der Waals surface area contributed by atoms with Gasteiger partial charge in [-0.25, -0.2) is 0 Å². The van der Waals surface area contributed by atoms with E-state index in [1.54, 1.807) is 7.11 Å². The number of methoxy groups -OCH3 is 1. The maximum atomic E-state index is 12.7. The van der Waals surface area contributed by atoms with Crippen LogP contribution in [-0.4, -0.2) is 55.0 Å². The van der Waals surface area contributed by atoms with Gasteiger partial charge in [0.25, 0.3) is 5.91 Å². The highest BCUT2D eigenvalue weighted by molar-refractivity contribution is 5.97. The summed E-state index contributed by atoms with van der Waals surface area (Å²) < 4.78 is 5.32. The highest BCUT2D eigenvalue weighted by atomic mass is 16.5. The van der Waals surface area contributed by atoms with Crippen LogP contribution in [0.25, 0.3) is 0 Å². The number of hydrogen-bond acceptors (Lipinski definition) is 3. The molecule has 2 fully saturated rings. The lowest BCUT2D eigenvalue weighted by molar-refractivity contribution is 0.0746. The highest BCUT2D eigenvalue weighted by Gasteiger charge is 2.28. The zero-order valence-electron chi connectivity index (χ0n) is 12.8. The molecule has 1 heterocycles. The van der Waals surface area contributed by atoms with Gasteiger partial charge < -0.3 is 9.64 Å². The summed E-state index contributed by atoms with van der Waals surface area (Å²) in [6, 6.07) is 8.28. The second-order valence-electron chi connectivity index (χ2n) is 5.97. The SMILES string of the molecule is COc1ccccc1C(=O)N1CCCN(C2CCC2)CC1. The maximum Gasteiger partial charge on any atom is 0.257 e. The van der Waals surface area contributed by atoms with E-state index in [9.17, 15) is 4.79 Å². The lowest BCUT2D eigenvalue weighted by Crippen LogP contribution is -2.42. The topological polar surface area (TPSA) is 32.8 Å². The van der Waals surface area contributed by atoms with E-state index in [0.717, 1.165) is 38.6 Å². The largest absolute Gasteiger partial charge is 0.496 e. The lowest BCUT2D eigenvalue weighted by atomic mass is 9.91. The Morgan fingerprint density at radius 3 is 2.62 bits per heavy atom. The second-order valence-corrected chi connectivity index (χ2v) is 5.97. The van der Waals surface area contributed by atoms with Crippen LogP contribution in [0.2, 0.25) is 0 Å². The van der Waals surface area contributed by atoms with Crippen molar-refractivity contribution in [3.63, 3.8) is 0 Å². The number of ether oxygens (including phenoxy) is 1. The van der Waals surface area contributed by atoms with E-state index in [1.807, 2.05) is 29.2 Å². The number of hydrogen-bond donors (Lipinski definition) is 0. The van der Waals surface area contributed by atoms with Gasteiger partial charge in [-0.1, -0.05) is 18.6 Å². The Morgan fingerprint density at radius 1 is 1.10 bits per heavy atom. The van der Waals surface area contributed by atoms with Crippen molar-refractivity contribution >= 4 is 5.91 Å². The quantitative estimate of drug-likeness (QED) is 0.856. The predicted octanol–water partition coefficient (Wildman–Crippen LogP) is 2.40. The van der Waals surface area contributed by atoms with Crippen molar-refractivity contribution in [1.82, 2.24) is 9.80 Å².